The number of thiazole rings is 1. The van der Waals surface area contributed by atoms with E-state index in [-0.39, 0.29) is 17.5 Å². The van der Waals surface area contributed by atoms with E-state index in [1.165, 1.54) is 18.3 Å². The topological polar surface area (TPSA) is 109 Å². The summed E-state index contributed by atoms with van der Waals surface area (Å²) in [5.74, 6) is -0.00430. The van der Waals surface area contributed by atoms with Crippen molar-refractivity contribution in [2.75, 3.05) is 23.7 Å². The first-order chi connectivity index (χ1) is 10.1. The van der Waals surface area contributed by atoms with E-state index in [1.807, 2.05) is 0 Å². The summed E-state index contributed by atoms with van der Waals surface area (Å²) >= 11 is 1.20. The minimum atomic E-state index is -0.293. The molecule has 0 unspecified atom stereocenters. The minimum absolute atomic E-state index is 0.219. The molecular weight excluding hydrogens is 292 g/mol. The fourth-order valence-corrected chi connectivity index (χ4v) is 2.15. The van der Waals surface area contributed by atoms with Crippen LogP contribution >= 0.6 is 11.3 Å². The first-order valence-electron chi connectivity index (χ1n) is 6.17. The second-order valence-electron chi connectivity index (χ2n) is 3.97. The van der Waals surface area contributed by atoms with Gasteiger partial charge in [0.15, 0.2) is 5.13 Å². The van der Waals surface area contributed by atoms with Gasteiger partial charge in [-0.25, -0.2) is 15.0 Å². The summed E-state index contributed by atoms with van der Waals surface area (Å²) in [6.45, 7) is 2.29. The lowest BCUT2D eigenvalue weighted by Crippen LogP contribution is -2.29. The first-order valence-corrected chi connectivity index (χ1v) is 7.05. The molecule has 0 spiro atoms. The number of nitrogens with one attached hydrogen (secondary N) is 3. The van der Waals surface area contributed by atoms with Crippen LogP contribution in [0.4, 0.5) is 11.1 Å². The molecule has 0 aliphatic rings. The molecular formula is C12H14N6O2S. The van der Waals surface area contributed by atoms with Crippen molar-refractivity contribution in [1.82, 2.24) is 20.3 Å². The third kappa shape index (κ3) is 4.80. The van der Waals surface area contributed by atoms with Gasteiger partial charge in [0.2, 0.25) is 11.9 Å². The van der Waals surface area contributed by atoms with E-state index >= 15 is 0 Å². The Balaban J connectivity index is 1.74. The SMILES string of the molecule is CC(=O)Nc1nc(C(=O)NCCNc2ncccn2)cs1. The van der Waals surface area contributed by atoms with Crippen molar-refractivity contribution in [2.24, 2.45) is 0 Å². The Hall–Kier alpha value is -2.55. The van der Waals surface area contributed by atoms with E-state index in [9.17, 15) is 9.59 Å². The molecule has 2 aromatic heterocycles. The number of carbonyl (C=O) groups is 2. The highest BCUT2D eigenvalue weighted by Gasteiger charge is 2.10. The fourth-order valence-electron chi connectivity index (χ4n) is 1.42. The van der Waals surface area contributed by atoms with Gasteiger partial charge in [-0.2, -0.15) is 0 Å². The van der Waals surface area contributed by atoms with Crippen LogP contribution in [0.3, 0.4) is 0 Å². The molecule has 9 heteroatoms. The molecule has 0 bridgehead atoms. The van der Waals surface area contributed by atoms with Gasteiger partial charge in [-0.15, -0.1) is 11.3 Å². The van der Waals surface area contributed by atoms with Crippen molar-refractivity contribution in [3.8, 4) is 0 Å². The Kier molecular flexibility index (Phi) is 5.16. The predicted molar refractivity (Wildman–Crippen MR) is 79.3 cm³/mol. The maximum absolute atomic E-state index is 11.8. The van der Waals surface area contributed by atoms with Crippen LogP contribution in [0.5, 0.6) is 0 Å². The summed E-state index contributed by atoms with van der Waals surface area (Å²) in [6, 6.07) is 1.72. The minimum Gasteiger partial charge on any atom is -0.352 e. The zero-order chi connectivity index (χ0) is 15.1. The zero-order valence-corrected chi connectivity index (χ0v) is 12.1. The number of amides is 2. The van der Waals surface area contributed by atoms with Crippen molar-refractivity contribution >= 4 is 34.2 Å². The largest absolute Gasteiger partial charge is 0.352 e. The monoisotopic (exact) mass is 306 g/mol. The molecule has 0 fully saturated rings. The lowest BCUT2D eigenvalue weighted by molar-refractivity contribution is -0.114. The van der Waals surface area contributed by atoms with Crippen LogP contribution in [-0.4, -0.2) is 39.9 Å². The fraction of sp³-hybridized carbons (Fsp3) is 0.250. The van der Waals surface area contributed by atoms with E-state index in [0.29, 0.717) is 24.2 Å². The first kappa shape index (κ1) is 14.9. The Morgan fingerprint density at radius 2 is 2.00 bits per heavy atom. The summed E-state index contributed by atoms with van der Waals surface area (Å²) in [5.41, 5.74) is 0.278. The lowest BCUT2D eigenvalue weighted by atomic mass is 10.4. The third-order valence-corrected chi connectivity index (χ3v) is 3.04. The quantitative estimate of drug-likeness (QED) is 0.679. The van der Waals surface area contributed by atoms with Crippen molar-refractivity contribution in [1.29, 1.82) is 0 Å². The second-order valence-corrected chi connectivity index (χ2v) is 4.83. The number of hydrogen-bond acceptors (Lipinski definition) is 7. The zero-order valence-electron chi connectivity index (χ0n) is 11.3. The summed E-state index contributed by atoms with van der Waals surface area (Å²) in [5, 5.41) is 10.2. The lowest BCUT2D eigenvalue weighted by Gasteiger charge is -2.05. The van der Waals surface area contributed by atoms with E-state index < -0.39 is 0 Å². The third-order valence-electron chi connectivity index (χ3n) is 2.28. The molecule has 0 saturated carbocycles. The number of carbonyl (C=O) groups excluding carboxylic acids is 2. The van der Waals surface area contributed by atoms with Crippen molar-refractivity contribution in [2.45, 2.75) is 6.92 Å². The molecule has 2 aromatic rings. The Morgan fingerprint density at radius 3 is 2.71 bits per heavy atom. The van der Waals surface area contributed by atoms with Gasteiger partial charge < -0.3 is 16.0 Å². The van der Waals surface area contributed by atoms with Crippen LogP contribution in [0.15, 0.2) is 23.8 Å². The van der Waals surface area contributed by atoms with E-state index in [0.717, 1.165) is 0 Å². The normalized spacial score (nSPS) is 9.95. The molecule has 110 valence electrons. The second kappa shape index (κ2) is 7.29. The van der Waals surface area contributed by atoms with Gasteiger partial charge in [0.25, 0.3) is 5.91 Å². The van der Waals surface area contributed by atoms with Gasteiger partial charge in [-0.05, 0) is 6.07 Å². The highest BCUT2D eigenvalue weighted by molar-refractivity contribution is 7.14. The summed E-state index contributed by atoms with van der Waals surface area (Å²) in [6.07, 6.45) is 3.26. The van der Waals surface area contributed by atoms with Crippen molar-refractivity contribution in [3.05, 3.63) is 29.5 Å². The highest BCUT2D eigenvalue weighted by atomic mass is 32.1. The molecule has 3 N–H and O–H groups in total. The average Bonchev–Trinajstić information content (AvgIpc) is 2.92. The molecule has 8 nitrogen and oxygen atoms in total. The van der Waals surface area contributed by atoms with Gasteiger partial charge in [0.1, 0.15) is 5.69 Å². The van der Waals surface area contributed by atoms with Gasteiger partial charge in [-0.3, -0.25) is 9.59 Å². The molecule has 0 aliphatic heterocycles. The predicted octanol–water partition coefficient (Wildman–Crippen LogP) is 0.733. The van der Waals surface area contributed by atoms with Gasteiger partial charge in [-0.1, -0.05) is 0 Å². The molecule has 0 aromatic carbocycles. The summed E-state index contributed by atoms with van der Waals surface area (Å²) in [7, 11) is 0. The molecule has 0 atom stereocenters. The molecule has 0 aliphatic carbocycles. The molecule has 2 rings (SSSR count). The molecule has 0 radical (unpaired) electrons. The van der Waals surface area contributed by atoms with E-state index in [2.05, 4.69) is 30.9 Å². The van der Waals surface area contributed by atoms with Crippen LogP contribution in [0.1, 0.15) is 17.4 Å². The molecule has 2 heterocycles. The Labute approximate surface area is 125 Å². The van der Waals surface area contributed by atoms with Crippen molar-refractivity contribution < 1.29 is 9.59 Å². The molecule has 21 heavy (non-hydrogen) atoms. The average molecular weight is 306 g/mol. The smallest absolute Gasteiger partial charge is 0.270 e. The van der Waals surface area contributed by atoms with E-state index in [1.54, 1.807) is 23.8 Å². The van der Waals surface area contributed by atoms with Crippen LogP contribution in [0, 0.1) is 0 Å². The number of nitrogens with zero attached hydrogens (tertiary/aromatic N) is 3. The van der Waals surface area contributed by atoms with Crippen LogP contribution < -0.4 is 16.0 Å². The number of rotatable bonds is 6. The highest BCUT2D eigenvalue weighted by Crippen LogP contribution is 2.14. The van der Waals surface area contributed by atoms with Crippen LogP contribution in [-0.2, 0) is 4.79 Å². The maximum Gasteiger partial charge on any atom is 0.270 e. The molecule has 0 saturated heterocycles. The Morgan fingerprint density at radius 1 is 1.24 bits per heavy atom. The summed E-state index contributed by atoms with van der Waals surface area (Å²) in [4.78, 5) is 34.7. The summed E-state index contributed by atoms with van der Waals surface area (Å²) < 4.78 is 0. The van der Waals surface area contributed by atoms with Crippen LogP contribution in [0.2, 0.25) is 0 Å². The maximum atomic E-state index is 11.8. The van der Waals surface area contributed by atoms with Gasteiger partial charge in [0, 0.05) is 37.8 Å². The van der Waals surface area contributed by atoms with Gasteiger partial charge in [0.05, 0.1) is 0 Å². The molecule has 2 amide bonds. The number of hydrogen-bond donors (Lipinski definition) is 3. The number of anilines is 2. The Bertz CT molecular complexity index is 615. The van der Waals surface area contributed by atoms with Crippen LogP contribution in [0.25, 0.3) is 0 Å². The number of aromatic nitrogens is 3. The standard InChI is InChI=1S/C12H14N6O2S/c1-8(19)17-12-18-9(7-21-12)10(20)13-5-6-16-11-14-3-2-4-15-11/h2-4,7H,5-6H2,1H3,(H,13,20)(H,14,15,16)(H,17,18,19). The van der Waals surface area contributed by atoms with Gasteiger partial charge >= 0.3 is 0 Å². The van der Waals surface area contributed by atoms with E-state index in [4.69, 9.17) is 0 Å². The van der Waals surface area contributed by atoms with Crippen molar-refractivity contribution in [3.63, 3.8) is 0 Å².